The minimum absolute atomic E-state index is 0.00998. The highest BCUT2D eigenvalue weighted by atomic mass is 32.2. The number of aryl methyl sites for hydroxylation is 1. The van der Waals surface area contributed by atoms with Crippen molar-refractivity contribution in [3.63, 3.8) is 0 Å². The SMILES string of the molecule is Cc1csc(SCC(=O)c2cc(F)ccc2O)n1. The number of benzene rings is 1. The number of carbonyl (C=O) groups excluding carboxylic acids is 1. The Morgan fingerprint density at radius 1 is 1.56 bits per heavy atom. The van der Waals surface area contributed by atoms with Crippen LogP contribution in [0.2, 0.25) is 0 Å². The van der Waals surface area contributed by atoms with Gasteiger partial charge in [-0.25, -0.2) is 9.37 Å². The van der Waals surface area contributed by atoms with Gasteiger partial charge in [0.15, 0.2) is 10.1 Å². The zero-order valence-electron chi connectivity index (χ0n) is 9.51. The summed E-state index contributed by atoms with van der Waals surface area (Å²) >= 11 is 2.74. The summed E-state index contributed by atoms with van der Waals surface area (Å²) in [5.41, 5.74) is 0.916. The lowest BCUT2D eigenvalue weighted by Crippen LogP contribution is -2.03. The number of hydrogen-bond donors (Lipinski definition) is 1. The zero-order valence-corrected chi connectivity index (χ0v) is 11.1. The quantitative estimate of drug-likeness (QED) is 0.691. The third-order valence-corrected chi connectivity index (χ3v) is 4.32. The van der Waals surface area contributed by atoms with Crippen LogP contribution < -0.4 is 0 Å². The maximum Gasteiger partial charge on any atom is 0.176 e. The van der Waals surface area contributed by atoms with Crippen molar-refractivity contribution in [1.29, 1.82) is 0 Å². The van der Waals surface area contributed by atoms with Gasteiger partial charge in [0.2, 0.25) is 0 Å². The maximum absolute atomic E-state index is 13.0. The Hall–Kier alpha value is -1.40. The summed E-state index contributed by atoms with van der Waals surface area (Å²) in [5, 5.41) is 11.4. The Bertz CT molecular complexity index is 583. The van der Waals surface area contributed by atoms with E-state index >= 15 is 0 Å². The summed E-state index contributed by atoms with van der Waals surface area (Å²) in [6.45, 7) is 1.88. The largest absolute Gasteiger partial charge is 0.507 e. The van der Waals surface area contributed by atoms with Gasteiger partial charge in [-0.15, -0.1) is 11.3 Å². The van der Waals surface area contributed by atoms with Crippen molar-refractivity contribution in [1.82, 2.24) is 4.98 Å². The van der Waals surface area contributed by atoms with Crippen molar-refractivity contribution in [3.8, 4) is 5.75 Å². The number of Topliss-reactive ketones (excluding diaryl/α,β-unsaturated/α-hetero) is 1. The highest BCUT2D eigenvalue weighted by Crippen LogP contribution is 2.25. The molecule has 1 heterocycles. The maximum atomic E-state index is 13.0. The van der Waals surface area contributed by atoms with Crippen LogP contribution in [0.1, 0.15) is 16.1 Å². The minimum atomic E-state index is -0.536. The number of phenolic OH excluding ortho intramolecular Hbond substituents is 1. The molecule has 18 heavy (non-hydrogen) atoms. The first-order valence-electron chi connectivity index (χ1n) is 5.13. The molecule has 0 saturated heterocycles. The number of aromatic hydroxyl groups is 1. The smallest absolute Gasteiger partial charge is 0.176 e. The molecule has 1 aromatic heterocycles. The minimum Gasteiger partial charge on any atom is -0.507 e. The number of ketones is 1. The molecule has 0 aliphatic heterocycles. The Balaban J connectivity index is 2.05. The molecule has 0 spiro atoms. The van der Waals surface area contributed by atoms with E-state index in [1.807, 2.05) is 12.3 Å². The van der Waals surface area contributed by atoms with Crippen molar-refractivity contribution in [2.24, 2.45) is 0 Å². The van der Waals surface area contributed by atoms with E-state index in [0.717, 1.165) is 22.2 Å². The van der Waals surface area contributed by atoms with Gasteiger partial charge in [0.1, 0.15) is 11.6 Å². The Kier molecular flexibility index (Phi) is 3.98. The molecule has 2 aromatic rings. The number of hydrogen-bond acceptors (Lipinski definition) is 5. The Labute approximate surface area is 112 Å². The van der Waals surface area contributed by atoms with Crippen LogP contribution in [0.4, 0.5) is 4.39 Å². The van der Waals surface area contributed by atoms with Gasteiger partial charge in [-0.05, 0) is 25.1 Å². The summed E-state index contributed by atoms with van der Waals surface area (Å²) in [6.07, 6.45) is 0. The molecule has 3 nitrogen and oxygen atoms in total. The zero-order chi connectivity index (χ0) is 13.1. The fourth-order valence-electron chi connectivity index (χ4n) is 1.34. The molecule has 0 amide bonds. The van der Waals surface area contributed by atoms with Crippen LogP contribution in [0.25, 0.3) is 0 Å². The highest BCUT2D eigenvalue weighted by molar-refractivity contribution is 8.01. The van der Waals surface area contributed by atoms with Gasteiger partial charge in [-0.3, -0.25) is 4.79 Å². The van der Waals surface area contributed by atoms with E-state index in [4.69, 9.17) is 0 Å². The lowest BCUT2D eigenvalue weighted by atomic mass is 10.1. The molecule has 0 aliphatic carbocycles. The average Bonchev–Trinajstić information content (AvgIpc) is 2.75. The monoisotopic (exact) mass is 283 g/mol. The summed E-state index contributed by atoms with van der Waals surface area (Å²) in [6, 6.07) is 3.34. The van der Waals surface area contributed by atoms with Crippen LogP contribution in [0.15, 0.2) is 27.9 Å². The van der Waals surface area contributed by atoms with Crippen LogP contribution in [0.5, 0.6) is 5.75 Å². The third-order valence-electron chi connectivity index (χ3n) is 2.18. The number of aromatic nitrogens is 1. The topological polar surface area (TPSA) is 50.2 Å². The summed E-state index contributed by atoms with van der Waals surface area (Å²) in [4.78, 5) is 16.0. The number of nitrogens with zero attached hydrogens (tertiary/aromatic N) is 1. The van der Waals surface area contributed by atoms with Crippen molar-refractivity contribution < 1.29 is 14.3 Å². The Morgan fingerprint density at radius 2 is 2.33 bits per heavy atom. The van der Waals surface area contributed by atoms with Crippen molar-refractivity contribution in [2.75, 3.05) is 5.75 Å². The third kappa shape index (κ3) is 3.08. The molecule has 0 atom stereocenters. The van der Waals surface area contributed by atoms with Crippen LogP contribution in [0.3, 0.4) is 0 Å². The van der Waals surface area contributed by atoms with Gasteiger partial charge in [-0.2, -0.15) is 0 Å². The number of phenols is 1. The molecule has 6 heteroatoms. The van der Waals surface area contributed by atoms with Crippen LogP contribution in [0, 0.1) is 12.7 Å². The molecule has 0 unspecified atom stereocenters. The number of halogens is 1. The molecule has 0 aliphatic rings. The number of carbonyl (C=O) groups is 1. The molecule has 0 fully saturated rings. The first-order chi connectivity index (χ1) is 8.56. The molecular weight excluding hydrogens is 273 g/mol. The van der Waals surface area contributed by atoms with Crippen LogP contribution in [-0.4, -0.2) is 21.6 Å². The van der Waals surface area contributed by atoms with E-state index < -0.39 is 5.82 Å². The average molecular weight is 283 g/mol. The predicted octanol–water partition coefficient (Wildman–Crippen LogP) is 3.27. The molecule has 0 saturated carbocycles. The van der Waals surface area contributed by atoms with E-state index in [9.17, 15) is 14.3 Å². The number of rotatable bonds is 4. The standard InChI is InChI=1S/C12H10FNO2S2/c1-7-5-17-12(14-7)18-6-11(16)9-4-8(13)2-3-10(9)15/h2-5,15H,6H2,1H3. The second-order valence-corrected chi connectivity index (χ2v) is 5.71. The van der Waals surface area contributed by atoms with E-state index in [1.165, 1.54) is 29.2 Å². The molecule has 1 aromatic carbocycles. The van der Waals surface area contributed by atoms with E-state index in [1.54, 1.807) is 0 Å². The molecule has 0 radical (unpaired) electrons. The van der Waals surface area contributed by atoms with E-state index in [0.29, 0.717) is 0 Å². The van der Waals surface area contributed by atoms with Gasteiger partial charge < -0.3 is 5.11 Å². The first kappa shape index (κ1) is 13.0. The summed E-state index contributed by atoms with van der Waals surface area (Å²) in [7, 11) is 0. The van der Waals surface area contributed by atoms with Crippen molar-refractivity contribution in [2.45, 2.75) is 11.3 Å². The first-order valence-corrected chi connectivity index (χ1v) is 6.99. The molecule has 0 bridgehead atoms. The van der Waals surface area contributed by atoms with Gasteiger partial charge >= 0.3 is 0 Å². The predicted molar refractivity (Wildman–Crippen MR) is 70.0 cm³/mol. The second-order valence-electron chi connectivity index (χ2n) is 3.63. The van der Waals surface area contributed by atoms with Crippen LogP contribution in [-0.2, 0) is 0 Å². The van der Waals surface area contributed by atoms with E-state index in [-0.39, 0.29) is 22.8 Å². The lowest BCUT2D eigenvalue weighted by Gasteiger charge is -2.02. The highest BCUT2D eigenvalue weighted by Gasteiger charge is 2.13. The summed E-state index contributed by atoms with van der Waals surface area (Å²) in [5.74, 6) is -0.919. The number of thiazole rings is 1. The van der Waals surface area contributed by atoms with Gasteiger partial charge in [0, 0.05) is 11.1 Å². The van der Waals surface area contributed by atoms with Crippen molar-refractivity contribution >= 4 is 28.9 Å². The van der Waals surface area contributed by atoms with Gasteiger partial charge in [0.25, 0.3) is 0 Å². The molecule has 1 N–H and O–H groups in total. The molecule has 94 valence electrons. The fraction of sp³-hybridized carbons (Fsp3) is 0.167. The molecule has 2 rings (SSSR count). The number of thioether (sulfide) groups is 1. The van der Waals surface area contributed by atoms with E-state index in [2.05, 4.69) is 4.98 Å². The van der Waals surface area contributed by atoms with Crippen LogP contribution >= 0.6 is 23.1 Å². The normalized spacial score (nSPS) is 10.6. The molecular formula is C12H10FNO2S2. The second kappa shape index (κ2) is 5.49. The van der Waals surface area contributed by atoms with Gasteiger partial charge in [-0.1, -0.05) is 11.8 Å². The van der Waals surface area contributed by atoms with Gasteiger partial charge in [0.05, 0.1) is 11.3 Å². The van der Waals surface area contributed by atoms with Crippen molar-refractivity contribution in [3.05, 3.63) is 40.7 Å². The lowest BCUT2D eigenvalue weighted by molar-refractivity contribution is 0.101. The summed E-state index contributed by atoms with van der Waals surface area (Å²) < 4.78 is 13.8. The fourth-order valence-corrected chi connectivity index (χ4v) is 3.07. The Morgan fingerprint density at radius 3 is 3.00 bits per heavy atom.